The van der Waals surface area contributed by atoms with Crippen molar-refractivity contribution >= 4 is 71.6 Å². The lowest BCUT2D eigenvalue weighted by Gasteiger charge is -2.33. The molecule has 2 N–H and O–H groups in total. The second kappa shape index (κ2) is 55.7. The second-order valence-corrected chi connectivity index (χ2v) is 37.9. The molecule has 0 aromatic heterocycles. The lowest BCUT2D eigenvalue weighted by molar-refractivity contribution is -0.246. The molecule has 11 heterocycles. The summed E-state index contributed by atoms with van der Waals surface area (Å²) in [6.07, 6.45) is 6.77. The summed E-state index contributed by atoms with van der Waals surface area (Å²) in [5, 5.41) is 18.9. The highest BCUT2D eigenvalue weighted by Crippen LogP contribution is 2.50. The van der Waals surface area contributed by atoms with E-state index >= 15 is 0 Å². The summed E-state index contributed by atoms with van der Waals surface area (Å²) in [6.45, 7) is 37.3. The van der Waals surface area contributed by atoms with Gasteiger partial charge in [-0.3, -0.25) is 33.6 Å². The van der Waals surface area contributed by atoms with E-state index in [1.54, 1.807) is 69.6 Å². The van der Waals surface area contributed by atoms with Gasteiger partial charge in [0.2, 0.25) is 30.5 Å². The molecule has 0 bridgehead atoms. The number of cyclic esters (lactones) is 1. The van der Waals surface area contributed by atoms with Crippen molar-refractivity contribution in [2.24, 2.45) is 56.2 Å². The van der Waals surface area contributed by atoms with Gasteiger partial charge in [-0.1, -0.05) is 156 Å². The summed E-state index contributed by atoms with van der Waals surface area (Å²) in [7, 11) is 4.67. The predicted molar refractivity (Wildman–Crippen MR) is 506 cm³/mol. The molecule has 23 unspecified atom stereocenters. The zero-order valence-corrected chi connectivity index (χ0v) is 75.5. The van der Waals surface area contributed by atoms with Gasteiger partial charge in [0.25, 0.3) is 0 Å². The third-order valence-electron chi connectivity index (χ3n) is 26.2. The topological polar surface area (TPSA) is 430 Å². The Kier molecular flexibility index (Phi) is 56.3. The Hall–Kier alpha value is -7.02. The number of hydrogen-bond acceptors (Lipinski definition) is 34. The quantitative estimate of drug-likeness (QED) is 0.0776. The fourth-order valence-corrected chi connectivity index (χ4v) is 15.4. The lowest BCUT2D eigenvalue weighted by Crippen LogP contribution is -2.41. The molecule has 34 nitrogen and oxygen atoms in total. The Morgan fingerprint density at radius 3 is 1.14 bits per heavy atom. The van der Waals surface area contributed by atoms with Crippen LogP contribution in [0.4, 0.5) is 0 Å². The molecule has 11 aliphatic heterocycles. The number of allylic oxidation sites excluding steroid dienone is 1. The van der Waals surface area contributed by atoms with E-state index in [2.05, 4.69) is 9.47 Å². The van der Waals surface area contributed by atoms with Gasteiger partial charge in [-0.2, -0.15) is 0 Å². The van der Waals surface area contributed by atoms with Gasteiger partial charge in [0.15, 0.2) is 61.0 Å². The minimum absolute atomic E-state index is 0. The maximum absolute atomic E-state index is 12.3. The second-order valence-electron chi connectivity index (χ2n) is 37.9. The maximum atomic E-state index is 12.3. The van der Waals surface area contributed by atoms with E-state index in [0.29, 0.717) is 44.6 Å². The normalized spacial score (nSPS) is 31.0. The molecule has 788 valence electrons. The van der Waals surface area contributed by atoms with Crippen molar-refractivity contribution in [3.8, 4) is 0 Å². The number of ether oxygens (including phenoxy) is 20. The van der Waals surface area contributed by atoms with Gasteiger partial charge in [-0.15, -0.1) is 0 Å². The Labute approximate surface area is 804 Å². The Balaban J connectivity index is -0.000000482. The van der Waals surface area contributed by atoms with Gasteiger partial charge in [0.05, 0.1) is 58.0 Å². The van der Waals surface area contributed by atoms with Gasteiger partial charge in [-0.05, 0) is 193 Å². The lowest BCUT2D eigenvalue weighted by atomic mass is 9.81. The zero-order chi connectivity index (χ0) is 90.9. The van der Waals surface area contributed by atoms with Crippen LogP contribution in [0.15, 0.2) is 12.2 Å². The highest BCUT2D eigenvalue weighted by atomic mass is 16.9. The summed E-state index contributed by atoms with van der Waals surface area (Å²) < 4.78 is 107. The Morgan fingerprint density at radius 2 is 0.739 bits per heavy atom. The number of aliphatic hydroxyl groups excluding tert-OH is 2. The number of carbonyl (C=O) groups is 12. The number of hydrogen-bond donors (Lipinski definition) is 2. The van der Waals surface area contributed by atoms with E-state index < -0.39 is 185 Å². The maximum Gasteiger partial charge on any atom is 0.350 e. The van der Waals surface area contributed by atoms with E-state index in [4.69, 9.17) is 85.3 Å². The fraction of sp³-hybridized carbons (Fsp3) is 0.860. The van der Waals surface area contributed by atoms with Gasteiger partial charge in [0.1, 0.15) is 36.6 Å². The Bertz CT molecular complexity index is 3670. The standard InChI is InChI=1S/C18H26O7.C15H22O7.C13H20O4.C13H18O4.C12H18O7.C8H12O2.C7H14O2.C2H6O.12CH4/c1-4-17(2,3)16(20)23-12-10-11(21-14(12)19)13-15(22-10)25-18(24-13)8-6-5-7-9-18;1-6-14(2,3)13(17)20-9-7-8(18-11(9)16)10-12(19-7)22-15(4,5)21-10;2*1-4-13(2,3)12(15)17-10-8-6-5-7-9(8)16-11(10)14;1-4-12(2,3)11(16)19-8-7-6(17-10(8)15)5(13)9(14)18-7;9-8-7-4-2-1-3-6(7)5-10-8;1-5-7(2,3)6(8)9-4;1-3-2;;;;;;;;;;;;/h10-13,15H,4-9H2,1-3H3;7-10,12H,6H2,1-5H3;8-10H,4-7H2,1-3H3;5,7-10H,4,6H2,1-3H3;5-9,13-14H,4H2,1-3H3;6-7H,1-5H2;5H2,1-4H3;1-2H3;12*1H4. The highest BCUT2D eigenvalue weighted by molar-refractivity contribution is 5.87. The van der Waals surface area contributed by atoms with Crippen LogP contribution in [0.1, 0.15) is 350 Å². The van der Waals surface area contributed by atoms with Crippen LogP contribution in [0.3, 0.4) is 0 Å². The molecule has 14 fully saturated rings. The van der Waals surface area contributed by atoms with Crippen LogP contribution in [0.25, 0.3) is 0 Å². The number of esters is 12. The SMILES string of the molecule is C.C.C.C.C.C.C.C.C.C.C.C.CCC(C)(C)C(=O)OC.CCC(C)(C)C(=O)OC1C(=O)OC2C(O)C(O)OC12.CCC(C)(C)C(=O)OC1C(=O)OC2C3OC(C)(C)OC3OC12.CCC(C)(C)C(=O)OC1C(=O)OC2C3OC4(CCCCC4)OC3OC12.CCC(C)(C)C(=O)OC1C(=O)OC2C=CCC21.CCC(C)(C)C(=O)OC1C(=O)OC2CCCC21.COC.O=C1OCC2CCCCC12. The van der Waals surface area contributed by atoms with Gasteiger partial charge >= 0.3 is 71.6 Å². The van der Waals surface area contributed by atoms with Gasteiger partial charge in [0, 0.05) is 38.9 Å². The van der Waals surface area contributed by atoms with Crippen LogP contribution >= 0.6 is 0 Å². The Morgan fingerprint density at radius 1 is 0.381 bits per heavy atom. The summed E-state index contributed by atoms with van der Waals surface area (Å²) >= 11 is 0. The molecular formula is C100H184O34. The van der Waals surface area contributed by atoms with E-state index in [0.717, 1.165) is 64.2 Å². The molecule has 134 heavy (non-hydrogen) atoms. The largest absolute Gasteiger partial charge is 0.469 e. The molecule has 0 radical (unpaired) electrons. The fourth-order valence-electron chi connectivity index (χ4n) is 15.4. The van der Waals surface area contributed by atoms with Crippen LogP contribution < -0.4 is 0 Å². The molecule has 15 aliphatic rings. The van der Waals surface area contributed by atoms with E-state index in [1.807, 2.05) is 95.2 Å². The molecule has 3 saturated carbocycles. The molecule has 0 amide bonds. The van der Waals surface area contributed by atoms with Crippen LogP contribution in [0.5, 0.6) is 0 Å². The smallest absolute Gasteiger partial charge is 0.350 e. The van der Waals surface area contributed by atoms with Crippen LogP contribution in [0.2, 0.25) is 0 Å². The summed E-state index contributed by atoms with van der Waals surface area (Å²) in [5.74, 6) is -5.31. The summed E-state index contributed by atoms with van der Waals surface area (Å²) in [6, 6.07) is 0. The molecule has 23 atom stereocenters. The van der Waals surface area contributed by atoms with E-state index in [-0.39, 0.29) is 154 Å². The average Bonchev–Trinajstić information content (AvgIpc) is 1.57. The monoisotopic (exact) mass is 1930 g/mol. The molecule has 11 saturated heterocycles. The first-order chi connectivity index (χ1) is 57.0. The molecule has 0 aromatic carbocycles. The first kappa shape index (κ1) is 135. The molecular weight excluding hydrogens is 1750 g/mol. The number of methoxy groups -OCH3 is 2. The van der Waals surface area contributed by atoms with Crippen molar-refractivity contribution < 1.29 is 162 Å². The zero-order valence-electron chi connectivity index (χ0n) is 75.5. The third kappa shape index (κ3) is 31.5. The van der Waals surface area contributed by atoms with Crippen molar-refractivity contribution in [3.05, 3.63) is 12.2 Å². The van der Waals surface area contributed by atoms with Gasteiger partial charge in [-0.25, -0.2) is 24.0 Å². The van der Waals surface area contributed by atoms with E-state index in [1.165, 1.54) is 32.8 Å². The third-order valence-corrected chi connectivity index (χ3v) is 26.2. The van der Waals surface area contributed by atoms with Crippen molar-refractivity contribution in [2.45, 2.75) is 478 Å². The minimum atomic E-state index is -1.44. The van der Waals surface area contributed by atoms with Crippen LogP contribution in [-0.2, 0) is 152 Å². The molecule has 34 heteroatoms. The van der Waals surface area contributed by atoms with Crippen molar-refractivity contribution in [1.82, 2.24) is 0 Å². The van der Waals surface area contributed by atoms with Crippen molar-refractivity contribution in [3.63, 3.8) is 0 Å². The van der Waals surface area contributed by atoms with Crippen molar-refractivity contribution in [2.75, 3.05) is 27.9 Å². The summed E-state index contributed by atoms with van der Waals surface area (Å²) in [5.41, 5.74) is -3.45. The highest BCUT2D eigenvalue weighted by Gasteiger charge is 2.68. The molecule has 0 aromatic rings. The number of rotatable bonds is 17. The predicted octanol–water partition coefficient (Wildman–Crippen LogP) is 17.3. The number of carbonyl (C=O) groups excluding carboxylic acids is 12. The van der Waals surface area contributed by atoms with Crippen LogP contribution in [0, 0.1) is 56.2 Å². The first-order valence-corrected chi connectivity index (χ1v) is 43.5. The van der Waals surface area contributed by atoms with E-state index in [9.17, 15) is 67.7 Å². The van der Waals surface area contributed by atoms with Crippen LogP contribution in [-0.4, -0.2) is 238 Å². The van der Waals surface area contributed by atoms with Crippen molar-refractivity contribution in [1.29, 1.82) is 0 Å². The average molecular weight is 1930 g/mol. The minimum Gasteiger partial charge on any atom is -0.469 e. The first-order valence-electron chi connectivity index (χ1n) is 43.5. The molecule has 15 rings (SSSR count). The molecule has 4 aliphatic carbocycles. The summed E-state index contributed by atoms with van der Waals surface area (Å²) in [4.78, 5) is 141. The number of aliphatic hydroxyl groups is 2. The molecule has 1 spiro atoms. The number of fused-ring (bicyclic) bond motifs is 10. The van der Waals surface area contributed by atoms with Gasteiger partial charge < -0.3 is 105 Å².